The molecule has 4 aromatic rings. The Hall–Kier alpha value is -2.56. The van der Waals surface area contributed by atoms with Crippen molar-refractivity contribution in [2.45, 2.75) is 26.2 Å². The SMILES string of the molecule is CC(C)(C)c1cc(Br)c(Br)c(Oc2cccc(N(c3ccccc3)c3ccccc3)c2)c1. The molecule has 0 radical (unpaired) electrons. The molecule has 0 saturated carbocycles. The summed E-state index contributed by atoms with van der Waals surface area (Å²) in [5, 5.41) is 0. The molecule has 0 aromatic heterocycles. The maximum absolute atomic E-state index is 6.38. The third-order valence-corrected chi connectivity index (χ3v) is 7.17. The van der Waals surface area contributed by atoms with Crippen molar-refractivity contribution in [3.8, 4) is 11.5 Å². The van der Waals surface area contributed by atoms with Gasteiger partial charge >= 0.3 is 0 Å². The first-order chi connectivity index (χ1) is 15.3. The lowest BCUT2D eigenvalue weighted by Gasteiger charge is -2.26. The lowest BCUT2D eigenvalue weighted by molar-refractivity contribution is 0.475. The van der Waals surface area contributed by atoms with Crippen LogP contribution in [0.4, 0.5) is 17.1 Å². The van der Waals surface area contributed by atoms with Gasteiger partial charge in [0.2, 0.25) is 0 Å². The topological polar surface area (TPSA) is 12.5 Å². The zero-order valence-corrected chi connectivity index (χ0v) is 21.5. The standard InChI is InChI=1S/C28H25Br2NO/c1-28(2,3)20-17-25(29)27(30)26(18-20)32-24-16-10-15-23(19-24)31(21-11-6-4-7-12-21)22-13-8-5-9-14-22/h4-19H,1-3H3. The summed E-state index contributed by atoms with van der Waals surface area (Å²) in [6.07, 6.45) is 0. The van der Waals surface area contributed by atoms with Crippen LogP contribution in [0.5, 0.6) is 11.5 Å². The van der Waals surface area contributed by atoms with Crippen LogP contribution in [-0.4, -0.2) is 0 Å². The number of halogens is 2. The summed E-state index contributed by atoms with van der Waals surface area (Å²) in [6.45, 7) is 6.60. The molecule has 32 heavy (non-hydrogen) atoms. The van der Waals surface area contributed by atoms with Crippen molar-refractivity contribution in [3.63, 3.8) is 0 Å². The number of anilines is 3. The fraction of sp³-hybridized carbons (Fsp3) is 0.143. The summed E-state index contributed by atoms with van der Waals surface area (Å²) >= 11 is 7.34. The predicted octanol–water partition coefficient (Wildman–Crippen LogP) is 9.77. The Kier molecular flexibility index (Phi) is 6.73. The Labute approximate surface area is 207 Å². The third kappa shape index (κ3) is 5.08. The lowest BCUT2D eigenvalue weighted by atomic mass is 9.87. The van der Waals surface area contributed by atoms with Gasteiger partial charge in [-0.2, -0.15) is 0 Å². The molecule has 0 heterocycles. The molecule has 0 N–H and O–H groups in total. The number of hydrogen-bond acceptors (Lipinski definition) is 2. The number of para-hydroxylation sites is 2. The average Bonchev–Trinajstić information content (AvgIpc) is 2.78. The molecule has 0 atom stereocenters. The molecule has 0 aliphatic rings. The minimum Gasteiger partial charge on any atom is -0.456 e. The molecule has 4 aromatic carbocycles. The van der Waals surface area contributed by atoms with E-state index in [2.05, 4.69) is 130 Å². The quantitative estimate of drug-likeness (QED) is 0.245. The summed E-state index contributed by atoms with van der Waals surface area (Å²) in [6, 6.07) is 33.2. The van der Waals surface area contributed by atoms with Crippen LogP contribution in [0.2, 0.25) is 0 Å². The molecule has 162 valence electrons. The van der Waals surface area contributed by atoms with Crippen LogP contribution < -0.4 is 9.64 Å². The van der Waals surface area contributed by atoms with Crippen molar-refractivity contribution in [1.29, 1.82) is 0 Å². The van der Waals surface area contributed by atoms with Gasteiger partial charge in [-0.25, -0.2) is 0 Å². The van der Waals surface area contributed by atoms with Crippen molar-refractivity contribution in [2.75, 3.05) is 4.90 Å². The smallest absolute Gasteiger partial charge is 0.143 e. The van der Waals surface area contributed by atoms with Gasteiger partial charge in [0, 0.05) is 27.6 Å². The minimum absolute atomic E-state index is 0.0145. The summed E-state index contributed by atoms with van der Waals surface area (Å²) in [5.41, 5.74) is 4.43. The summed E-state index contributed by atoms with van der Waals surface area (Å²) in [4.78, 5) is 2.23. The Morgan fingerprint density at radius 1 is 0.656 bits per heavy atom. The van der Waals surface area contributed by atoms with Gasteiger partial charge in [-0.05, 0) is 91.4 Å². The Bertz CT molecular complexity index is 1160. The van der Waals surface area contributed by atoms with Crippen molar-refractivity contribution < 1.29 is 4.74 Å². The molecule has 0 unspecified atom stereocenters. The number of benzene rings is 4. The van der Waals surface area contributed by atoms with E-state index >= 15 is 0 Å². The second-order valence-electron chi connectivity index (χ2n) is 8.63. The molecule has 0 fully saturated rings. The maximum atomic E-state index is 6.38. The highest BCUT2D eigenvalue weighted by molar-refractivity contribution is 9.13. The normalized spacial score (nSPS) is 11.3. The molecule has 0 saturated heterocycles. The minimum atomic E-state index is 0.0145. The molecule has 0 spiro atoms. The van der Waals surface area contributed by atoms with Crippen molar-refractivity contribution in [3.05, 3.63) is 112 Å². The van der Waals surface area contributed by atoms with Crippen molar-refractivity contribution in [1.82, 2.24) is 0 Å². The first-order valence-electron chi connectivity index (χ1n) is 10.5. The third-order valence-electron chi connectivity index (χ3n) is 5.19. The molecule has 4 rings (SSSR count). The van der Waals surface area contributed by atoms with Crippen LogP contribution in [0, 0.1) is 0 Å². The first kappa shape index (κ1) is 22.6. The summed E-state index contributed by atoms with van der Waals surface area (Å²) < 4.78 is 8.26. The monoisotopic (exact) mass is 549 g/mol. The average molecular weight is 551 g/mol. The second-order valence-corrected chi connectivity index (χ2v) is 10.3. The Morgan fingerprint density at radius 3 is 1.78 bits per heavy atom. The maximum Gasteiger partial charge on any atom is 0.143 e. The van der Waals surface area contributed by atoms with Crippen LogP contribution >= 0.6 is 31.9 Å². The summed E-state index contributed by atoms with van der Waals surface area (Å²) in [5.74, 6) is 1.56. The highest BCUT2D eigenvalue weighted by atomic mass is 79.9. The Balaban J connectivity index is 1.74. The lowest BCUT2D eigenvalue weighted by Crippen LogP contribution is -2.11. The molecule has 0 bridgehead atoms. The number of ether oxygens (including phenoxy) is 1. The fourth-order valence-corrected chi connectivity index (χ4v) is 4.24. The van der Waals surface area contributed by atoms with Crippen LogP contribution in [0.15, 0.2) is 106 Å². The number of nitrogens with zero attached hydrogens (tertiary/aromatic N) is 1. The van der Waals surface area contributed by atoms with Crippen LogP contribution in [0.1, 0.15) is 26.3 Å². The van der Waals surface area contributed by atoms with Gasteiger partial charge in [0.05, 0.1) is 4.47 Å². The highest BCUT2D eigenvalue weighted by Gasteiger charge is 2.19. The van der Waals surface area contributed by atoms with E-state index in [0.29, 0.717) is 0 Å². The van der Waals surface area contributed by atoms with Crippen molar-refractivity contribution in [2.24, 2.45) is 0 Å². The van der Waals surface area contributed by atoms with E-state index in [0.717, 1.165) is 37.5 Å². The van der Waals surface area contributed by atoms with Gasteiger partial charge in [-0.1, -0.05) is 63.2 Å². The van der Waals surface area contributed by atoms with Gasteiger partial charge < -0.3 is 9.64 Å². The van der Waals surface area contributed by atoms with Gasteiger partial charge in [-0.3, -0.25) is 0 Å². The van der Waals surface area contributed by atoms with E-state index < -0.39 is 0 Å². The van der Waals surface area contributed by atoms with Crippen LogP contribution in [0.25, 0.3) is 0 Å². The predicted molar refractivity (Wildman–Crippen MR) is 142 cm³/mol. The van der Waals surface area contributed by atoms with E-state index in [1.165, 1.54) is 5.56 Å². The van der Waals surface area contributed by atoms with Crippen LogP contribution in [0.3, 0.4) is 0 Å². The van der Waals surface area contributed by atoms with Gasteiger partial charge in [0.25, 0.3) is 0 Å². The first-order valence-corrected chi connectivity index (χ1v) is 12.1. The molecular weight excluding hydrogens is 526 g/mol. The largest absolute Gasteiger partial charge is 0.456 e. The molecule has 4 heteroatoms. The van der Waals surface area contributed by atoms with Gasteiger partial charge in [0.15, 0.2) is 0 Å². The zero-order chi connectivity index (χ0) is 22.7. The number of hydrogen-bond donors (Lipinski definition) is 0. The van der Waals surface area contributed by atoms with E-state index in [1.807, 2.05) is 24.3 Å². The van der Waals surface area contributed by atoms with Crippen molar-refractivity contribution >= 4 is 48.9 Å². The molecule has 0 aliphatic carbocycles. The van der Waals surface area contributed by atoms with E-state index in [4.69, 9.17) is 4.74 Å². The Morgan fingerprint density at radius 2 is 1.22 bits per heavy atom. The van der Waals surface area contributed by atoms with E-state index in [9.17, 15) is 0 Å². The van der Waals surface area contributed by atoms with Gasteiger partial charge in [0.1, 0.15) is 11.5 Å². The summed E-state index contributed by atoms with van der Waals surface area (Å²) in [7, 11) is 0. The second kappa shape index (κ2) is 9.51. The molecule has 0 amide bonds. The van der Waals surface area contributed by atoms with Crippen LogP contribution in [-0.2, 0) is 5.41 Å². The molecular formula is C28H25Br2NO. The van der Waals surface area contributed by atoms with E-state index in [1.54, 1.807) is 0 Å². The highest BCUT2D eigenvalue weighted by Crippen LogP contribution is 2.41. The molecule has 2 nitrogen and oxygen atoms in total. The fourth-order valence-electron chi connectivity index (χ4n) is 3.49. The molecule has 0 aliphatic heterocycles. The number of rotatable bonds is 5. The zero-order valence-electron chi connectivity index (χ0n) is 18.3. The van der Waals surface area contributed by atoms with E-state index in [-0.39, 0.29) is 5.41 Å². The van der Waals surface area contributed by atoms with Gasteiger partial charge in [-0.15, -0.1) is 0 Å².